The molecule has 23 valence electrons. The third-order valence-electron chi connectivity index (χ3n) is 0. The minimum atomic E-state index is 0. The summed E-state index contributed by atoms with van der Waals surface area (Å²) >= 11 is 1.13. The quantitative estimate of drug-likeness (QED) is 0.563. The van der Waals surface area contributed by atoms with Crippen molar-refractivity contribution in [1.82, 2.24) is 0 Å². The maximum Gasteiger partial charge on any atom is 0 e. The molecule has 0 spiro atoms. The summed E-state index contributed by atoms with van der Waals surface area (Å²) in [6.45, 7) is 0. The van der Waals surface area contributed by atoms with Crippen LogP contribution in [0.1, 0.15) is 0 Å². The smallest absolute Gasteiger partial charge is 0 e. The van der Waals surface area contributed by atoms with Gasteiger partial charge in [-0.1, -0.05) is 0 Å². The molecule has 0 heterocycles. The third-order valence-corrected chi connectivity index (χ3v) is 0. The van der Waals surface area contributed by atoms with Crippen LogP contribution in [0.4, 0.5) is 0 Å². The average Bonchev–Trinajstić information content (AvgIpc) is 1.00. The Bertz CT molecular complexity index is 8.00. The molecule has 0 saturated carbocycles. The van der Waals surface area contributed by atoms with E-state index in [0.717, 1.165) is 20.6 Å². The van der Waals surface area contributed by atoms with Crippen molar-refractivity contribution in [2.24, 2.45) is 0 Å². The first-order chi connectivity index (χ1) is 1.00. The van der Waals surface area contributed by atoms with Crippen LogP contribution in [0.3, 0.4) is 0 Å². The van der Waals surface area contributed by atoms with Gasteiger partial charge in [0.15, 0.2) is 0 Å². The Morgan fingerprint density at radius 1 is 1.25 bits per heavy atom. The molecule has 0 N–H and O–H groups in total. The predicted molar refractivity (Wildman–Crippen MR) is 19.1 cm³/mol. The largest absolute Gasteiger partial charge is 0 e. The average molecular weight is 302 g/mol. The molecule has 0 amide bonds. The van der Waals surface area contributed by atoms with Crippen LogP contribution in [0.2, 0.25) is 0 Å². The zero-order valence-corrected chi connectivity index (χ0v) is 10.0. The second-order valence-corrected chi connectivity index (χ2v) is 0. The molecule has 5 radical (unpaired) electrons. The van der Waals surface area contributed by atoms with Crippen molar-refractivity contribution in [2.45, 2.75) is 0 Å². The van der Waals surface area contributed by atoms with Crippen LogP contribution in [0.25, 0.3) is 0 Å². The minimum absolute atomic E-state index is 0. The molecule has 4 heteroatoms. The minimum Gasteiger partial charge on any atom is 0 e. The van der Waals surface area contributed by atoms with E-state index in [1.165, 1.54) is 0 Å². The van der Waals surface area contributed by atoms with E-state index in [9.17, 15) is 0 Å². The fraction of sp³-hybridized carbons (Fsp3) is 0. The van der Waals surface area contributed by atoms with Crippen LogP contribution in [-0.4, -0.2) is 66.1 Å². The van der Waals surface area contributed by atoms with Crippen LogP contribution in [0.15, 0.2) is 0 Å². The van der Waals surface area contributed by atoms with Crippen molar-refractivity contribution in [3.63, 3.8) is 0 Å². The molecule has 0 aromatic heterocycles. The number of hydrogen-bond acceptors (Lipinski definition) is 1. The first-order valence-electron chi connectivity index (χ1n) is 0.204. The van der Waals surface area contributed by atoms with Crippen molar-refractivity contribution in [3.8, 4) is 0 Å². The molecule has 0 atom stereocenters. The molecule has 0 aliphatic heterocycles. The molecule has 0 unspecified atom stereocenters. The van der Waals surface area contributed by atoms with Gasteiger partial charge in [-0.25, -0.2) is 0 Å². The first-order valence-corrected chi connectivity index (χ1v) is 4.11. The van der Waals surface area contributed by atoms with Gasteiger partial charge >= 0.3 is 29.9 Å². The van der Waals surface area contributed by atoms with Crippen LogP contribution < -0.4 is 0 Å². The van der Waals surface area contributed by atoms with Crippen molar-refractivity contribution in [3.05, 3.63) is 0 Å². The first kappa shape index (κ1) is 15.7. The van der Waals surface area contributed by atoms with Crippen molar-refractivity contribution >= 4 is 75.4 Å². The van der Waals surface area contributed by atoms with Gasteiger partial charge < -0.3 is 0 Å². The summed E-state index contributed by atoms with van der Waals surface area (Å²) in [6, 6.07) is 0. The standard InChI is InChI=1S/Cu.S.Sn.Sr. The van der Waals surface area contributed by atoms with E-state index >= 15 is 0 Å². The molecule has 0 aliphatic rings. The maximum atomic E-state index is 4.17. The molecule has 0 rings (SSSR count). The zero-order chi connectivity index (χ0) is 2.00. The maximum absolute atomic E-state index is 4.17. The second-order valence-electron chi connectivity index (χ2n) is 0. The van der Waals surface area contributed by atoms with E-state index in [4.69, 9.17) is 0 Å². The van der Waals surface area contributed by atoms with Gasteiger partial charge in [0.25, 0.3) is 0 Å². The molecular formula is CuSSnSr. The number of hydrogen-bond donors (Lipinski definition) is 0. The fourth-order valence-corrected chi connectivity index (χ4v) is 0. The Morgan fingerprint density at radius 2 is 1.25 bits per heavy atom. The molecule has 4 heavy (non-hydrogen) atoms. The van der Waals surface area contributed by atoms with E-state index in [-0.39, 0.29) is 62.6 Å². The van der Waals surface area contributed by atoms with E-state index in [1.807, 2.05) is 0 Å². The molecule has 0 aromatic rings. The van der Waals surface area contributed by atoms with Gasteiger partial charge in [0.1, 0.15) is 0 Å². The van der Waals surface area contributed by atoms with Gasteiger partial charge in [0.2, 0.25) is 0 Å². The predicted octanol–water partition coefficient (Wildman–Crippen LogP) is -0.116. The summed E-state index contributed by atoms with van der Waals surface area (Å²) in [7, 11) is 4.17. The normalized spacial score (nSPS) is 1.00. The summed E-state index contributed by atoms with van der Waals surface area (Å²) in [5.41, 5.74) is 0. The van der Waals surface area contributed by atoms with E-state index in [2.05, 4.69) is 9.29 Å². The van der Waals surface area contributed by atoms with Gasteiger partial charge in [-0.05, 0) is 0 Å². The van der Waals surface area contributed by atoms with Gasteiger partial charge in [-0.2, -0.15) is 0 Å². The zero-order valence-electron chi connectivity index (χ0n) is 1.92. The Labute approximate surface area is 90.1 Å². The van der Waals surface area contributed by atoms with Crippen LogP contribution in [-0.2, 0) is 17.1 Å². The monoisotopic (exact) mass is 303 g/mol. The van der Waals surface area contributed by atoms with Crippen molar-refractivity contribution < 1.29 is 17.1 Å². The molecule has 0 aromatic carbocycles. The van der Waals surface area contributed by atoms with Crippen molar-refractivity contribution in [2.75, 3.05) is 0 Å². The van der Waals surface area contributed by atoms with Gasteiger partial charge in [-0.3, -0.25) is 0 Å². The van der Waals surface area contributed by atoms with Crippen LogP contribution >= 0.6 is 9.29 Å². The molecule has 0 nitrogen and oxygen atoms in total. The third kappa shape index (κ3) is 8.89. The van der Waals surface area contributed by atoms with Crippen LogP contribution in [0, 0.1) is 0 Å². The Balaban J connectivity index is -0.00000000500. The Morgan fingerprint density at radius 3 is 1.25 bits per heavy atom. The second kappa shape index (κ2) is 16.6. The SMILES string of the molecule is [Cu].[S]=[Sn].[Sr]. The fourth-order valence-electron chi connectivity index (χ4n) is 0. The van der Waals surface area contributed by atoms with Crippen LogP contribution in [0.5, 0.6) is 0 Å². The van der Waals surface area contributed by atoms with Crippen molar-refractivity contribution in [1.29, 1.82) is 0 Å². The molecular weight excluding hydrogens is 302 g/mol. The van der Waals surface area contributed by atoms with E-state index in [1.54, 1.807) is 0 Å². The van der Waals surface area contributed by atoms with E-state index < -0.39 is 0 Å². The summed E-state index contributed by atoms with van der Waals surface area (Å²) < 4.78 is 0. The summed E-state index contributed by atoms with van der Waals surface area (Å²) in [4.78, 5) is 0. The van der Waals surface area contributed by atoms with E-state index in [0.29, 0.717) is 0 Å². The molecule has 0 saturated heterocycles. The Hall–Kier alpha value is 3.02. The molecule has 0 fully saturated rings. The molecule has 0 bridgehead atoms. The topological polar surface area (TPSA) is 0 Å². The summed E-state index contributed by atoms with van der Waals surface area (Å²) in [6.07, 6.45) is 0. The summed E-state index contributed by atoms with van der Waals surface area (Å²) in [5, 5.41) is 0. The molecule has 0 aliphatic carbocycles. The van der Waals surface area contributed by atoms with Gasteiger partial charge in [-0.15, -0.1) is 0 Å². The van der Waals surface area contributed by atoms with Gasteiger partial charge in [0, 0.05) is 62.6 Å². The number of rotatable bonds is 0. The summed E-state index contributed by atoms with van der Waals surface area (Å²) in [5.74, 6) is 0. The Kier molecular flexibility index (Phi) is 65.5. The van der Waals surface area contributed by atoms with Gasteiger partial charge in [0.05, 0.1) is 0 Å².